The fourth-order valence-electron chi connectivity index (χ4n) is 3.47. The smallest absolute Gasteiger partial charge is 0.243 e. The molecule has 136 valence electrons. The largest absolute Gasteiger partial charge is 0.396 e. The van der Waals surface area contributed by atoms with E-state index in [0.29, 0.717) is 18.0 Å². The average Bonchev–Trinajstić information content (AvgIpc) is 2.56. The third-order valence-corrected chi connectivity index (χ3v) is 7.67. The zero-order valence-corrected chi connectivity index (χ0v) is 16.3. The third-order valence-electron chi connectivity index (χ3n) is 5.49. The minimum absolute atomic E-state index is 0.179. The van der Waals surface area contributed by atoms with Gasteiger partial charge in [0.05, 0.1) is 4.90 Å². The number of hydrogen-bond acceptors (Lipinski definition) is 4. The molecule has 0 bridgehead atoms. The molecule has 1 fully saturated rings. The summed E-state index contributed by atoms with van der Waals surface area (Å²) in [5, 5.41) is 8.93. The average molecular weight is 355 g/mol. The summed E-state index contributed by atoms with van der Waals surface area (Å²) in [5.74, 6) is 0. The van der Waals surface area contributed by atoms with Crippen molar-refractivity contribution < 1.29 is 13.5 Å². The number of rotatable bonds is 5. The summed E-state index contributed by atoms with van der Waals surface area (Å²) >= 11 is 0. The van der Waals surface area contributed by atoms with Gasteiger partial charge >= 0.3 is 0 Å². The van der Waals surface area contributed by atoms with Gasteiger partial charge in [-0.05, 0) is 68.9 Å². The van der Waals surface area contributed by atoms with Gasteiger partial charge in [-0.15, -0.1) is 0 Å². The molecule has 1 aromatic carbocycles. The van der Waals surface area contributed by atoms with Gasteiger partial charge < -0.3 is 10.0 Å². The first-order valence-electron chi connectivity index (χ1n) is 8.62. The SMILES string of the molecule is Cc1c(C)c(C)c(S(=O)(=O)N2CCN(CCCO)CC2)c(C)c1C. The molecule has 0 unspecified atom stereocenters. The van der Waals surface area contributed by atoms with Crippen LogP contribution in [0.3, 0.4) is 0 Å². The number of aliphatic hydroxyl groups is 1. The van der Waals surface area contributed by atoms with Crippen LogP contribution in [0.25, 0.3) is 0 Å². The maximum absolute atomic E-state index is 13.2. The highest BCUT2D eigenvalue weighted by molar-refractivity contribution is 7.89. The van der Waals surface area contributed by atoms with Crippen LogP contribution < -0.4 is 0 Å². The molecule has 0 aromatic heterocycles. The Bertz CT molecular complexity index is 676. The van der Waals surface area contributed by atoms with Gasteiger partial charge in [0.1, 0.15) is 0 Å². The minimum atomic E-state index is -3.47. The predicted octanol–water partition coefficient (Wildman–Crippen LogP) is 1.92. The van der Waals surface area contributed by atoms with E-state index in [1.165, 1.54) is 5.56 Å². The van der Waals surface area contributed by atoms with Gasteiger partial charge in [-0.1, -0.05) is 0 Å². The number of nitrogens with zero attached hydrogens (tertiary/aromatic N) is 2. The van der Waals surface area contributed by atoms with E-state index in [1.54, 1.807) is 4.31 Å². The van der Waals surface area contributed by atoms with E-state index in [-0.39, 0.29) is 6.61 Å². The number of sulfonamides is 1. The van der Waals surface area contributed by atoms with Crippen molar-refractivity contribution in [2.45, 2.75) is 45.9 Å². The van der Waals surface area contributed by atoms with Crippen LogP contribution in [0.15, 0.2) is 4.90 Å². The Morgan fingerprint density at radius 1 is 0.833 bits per heavy atom. The fraction of sp³-hybridized carbons (Fsp3) is 0.667. The number of aliphatic hydroxyl groups excluding tert-OH is 1. The Morgan fingerprint density at radius 2 is 1.29 bits per heavy atom. The summed E-state index contributed by atoms with van der Waals surface area (Å²) in [5.41, 5.74) is 5.06. The molecule has 0 saturated carbocycles. The van der Waals surface area contributed by atoms with Crippen LogP contribution in [0.4, 0.5) is 0 Å². The third kappa shape index (κ3) is 3.52. The van der Waals surface area contributed by atoms with Gasteiger partial charge in [0.25, 0.3) is 0 Å². The molecule has 0 aliphatic carbocycles. The molecule has 1 N–H and O–H groups in total. The van der Waals surface area contributed by atoms with Crippen molar-refractivity contribution in [3.05, 3.63) is 27.8 Å². The second-order valence-electron chi connectivity index (χ2n) is 6.78. The van der Waals surface area contributed by atoms with Crippen LogP contribution >= 0.6 is 0 Å². The van der Waals surface area contributed by atoms with E-state index >= 15 is 0 Å². The molecule has 0 spiro atoms. The zero-order valence-electron chi connectivity index (χ0n) is 15.5. The molecule has 2 rings (SSSR count). The molecular weight excluding hydrogens is 324 g/mol. The van der Waals surface area contributed by atoms with Crippen molar-refractivity contribution in [2.75, 3.05) is 39.3 Å². The predicted molar refractivity (Wildman–Crippen MR) is 97.0 cm³/mol. The maximum atomic E-state index is 13.2. The topological polar surface area (TPSA) is 60.9 Å². The summed E-state index contributed by atoms with van der Waals surface area (Å²) in [7, 11) is -3.47. The normalized spacial score (nSPS) is 17.4. The minimum Gasteiger partial charge on any atom is -0.396 e. The first kappa shape index (κ1) is 19.4. The van der Waals surface area contributed by atoms with Crippen LogP contribution in [-0.2, 0) is 10.0 Å². The fourth-order valence-corrected chi connectivity index (χ4v) is 5.45. The summed E-state index contributed by atoms with van der Waals surface area (Å²) in [6.45, 7) is 13.4. The molecule has 1 heterocycles. The highest BCUT2D eigenvalue weighted by Gasteiger charge is 2.32. The standard InChI is InChI=1S/C18H30N2O3S/c1-13-14(2)16(4)18(17(5)15(13)3)24(22,23)20-10-8-19(9-11-20)7-6-12-21/h21H,6-12H2,1-5H3. The molecule has 0 atom stereocenters. The monoisotopic (exact) mass is 354 g/mol. The van der Waals surface area contributed by atoms with E-state index in [0.717, 1.165) is 48.3 Å². The molecular formula is C18H30N2O3S. The van der Waals surface area contributed by atoms with Gasteiger partial charge in [0.2, 0.25) is 10.0 Å². The number of benzene rings is 1. The number of piperazine rings is 1. The molecule has 1 aliphatic heterocycles. The number of hydrogen-bond donors (Lipinski definition) is 1. The van der Waals surface area contributed by atoms with Gasteiger partial charge in [-0.3, -0.25) is 0 Å². The van der Waals surface area contributed by atoms with Crippen LogP contribution in [0.5, 0.6) is 0 Å². The first-order valence-corrected chi connectivity index (χ1v) is 10.1. The van der Waals surface area contributed by atoms with Crippen molar-refractivity contribution in [2.24, 2.45) is 0 Å². The Hall–Kier alpha value is -0.950. The second kappa shape index (κ2) is 7.52. The van der Waals surface area contributed by atoms with Crippen molar-refractivity contribution in [1.29, 1.82) is 0 Å². The highest BCUT2D eigenvalue weighted by Crippen LogP contribution is 2.31. The Morgan fingerprint density at radius 3 is 1.75 bits per heavy atom. The molecule has 1 saturated heterocycles. The van der Waals surface area contributed by atoms with Gasteiger partial charge in [-0.2, -0.15) is 4.31 Å². The van der Waals surface area contributed by atoms with Crippen LogP contribution in [0.1, 0.15) is 34.2 Å². The van der Waals surface area contributed by atoms with Gasteiger partial charge in [0, 0.05) is 39.3 Å². The molecule has 0 amide bonds. The van der Waals surface area contributed by atoms with Gasteiger partial charge in [0.15, 0.2) is 0 Å². The summed E-state index contributed by atoms with van der Waals surface area (Å²) in [6.07, 6.45) is 0.737. The Labute approximate surface area is 146 Å². The summed E-state index contributed by atoms with van der Waals surface area (Å²) in [6, 6.07) is 0. The van der Waals surface area contributed by atoms with E-state index in [1.807, 2.05) is 27.7 Å². The lowest BCUT2D eigenvalue weighted by molar-refractivity contribution is 0.171. The maximum Gasteiger partial charge on any atom is 0.243 e. The molecule has 24 heavy (non-hydrogen) atoms. The van der Waals surface area contributed by atoms with Crippen LogP contribution in [0, 0.1) is 34.6 Å². The molecule has 1 aliphatic rings. The van der Waals surface area contributed by atoms with Crippen molar-refractivity contribution in [1.82, 2.24) is 9.21 Å². The second-order valence-corrected chi connectivity index (χ2v) is 8.65. The molecule has 0 radical (unpaired) electrons. The van der Waals surface area contributed by atoms with E-state index < -0.39 is 10.0 Å². The summed E-state index contributed by atoms with van der Waals surface area (Å²) < 4.78 is 28.1. The lowest BCUT2D eigenvalue weighted by Crippen LogP contribution is -2.49. The molecule has 5 nitrogen and oxygen atoms in total. The first-order chi connectivity index (χ1) is 11.2. The van der Waals surface area contributed by atoms with Crippen LogP contribution in [0.2, 0.25) is 0 Å². The highest BCUT2D eigenvalue weighted by atomic mass is 32.2. The van der Waals surface area contributed by atoms with E-state index in [9.17, 15) is 8.42 Å². The van der Waals surface area contributed by atoms with Crippen molar-refractivity contribution in [3.8, 4) is 0 Å². The molecule has 1 aromatic rings. The van der Waals surface area contributed by atoms with Crippen molar-refractivity contribution in [3.63, 3.8) is 0 Å². The van der Waals surface area contributed by atoms with Gasteiger partial charge in [-0.25, -0.2) is 8.42 Å². The van der Waals surface area contributed by atoms with Crippen molar-refractivity contribution >= 4 is 10.0 Å². The van der Waals surface area contributed by atoms with E-state index in [4.69, 9.17) is 5.11 Å². The Kier molecular flexibility index (Phi) is 6.07. The summed E-state index contributed by atoms with van der Waals surface area (Å²) in [4.78, 5) is 2.71. The molecule has 6 heteroatoms. The Balaban J connectivity index is 2.30. The zero-order chi connectivity index (χ0) is 18.1. The lowest BCUT2D eigenvalue weighted by Gasteiger charge is -2.34. The lowest BCUT2D eigenvalue weighted by atomic mass is 9.95. The van der Waals surface area contributed by atoms with Crippen LogP contribution in [-0.4, -0.2) is 62.1 Å². The van der Waals surface area contributed by atoms with E-state index in [2.05, 4.69) is 11.8 Å². The quantitative estimate of drug-likeness (QED) is 0.878.